The number of halogens is 2. The molecule has 0 radical (unpaired) electrons. The Labute approximate surface area is 189 Å². The van der Waals surface area contributed by atoms with Gasteiger partial charge in [-0.05, 0) is 50.3 Å². The SMILES string of the molecule is CC(C(F)=CCCCCCCCOc1ccc2ccccc2n1)=C(F)C(=O)NCC(C)C. The van der Waals surface area contributed by atoms with E-state index in [1.165, 1.54) is 13.0 Å². The molecular weight excluding hydrogens is 410 g/mol. The fourth-order valence-electron chi connectivity index (χ4n) is 3.11. The molecule has 0 aliphatic heterocycles. The highest BCUT2D eigenvalue weighted by molar-refractivity contribution is 5.92. The molecular formula is C26H34F2N2O2. The van der Waals surface area contributed by atoms with Crippen molar-refractivity contribution in [1.29, 1.82) is 0 Å². The van der Waals surface area contributed by atoms with Gasteiger partial charge in [-0.2, -0.15) is 0 Å². The highest BCUT2D eigenvalue weighted by Gasteiger charge is 2.15. The van der Waals surface area contributed by atoms with Gasteiger partial charge in [-0.3, -0.25) is 4.79 Å². The monoisotopic (exact) mass is 444 g/mol. The van der Waals surface area contributed by atoms with Gasteiger partial charge in [0.15, 0.2) is 5.83 Å². The van der Waals surface area contributed by atoms with Crippen molar-refractivity contribution < 1.29 is 18.3 Å². The summed E-state index contributed by atoms with van der Waals surface area (Å²) in [4.78, 5) is 16.2. The zero-order valence-electron chi connectivity index (χ0n) is 19.3. The lowest BCUT2D eigenvalue weighted by molar-refractivity contribution is -0.119. The number of rotatable bonds is 13. The van der Waals surface area contributed by atoms with Gasteiger partial charge in [0, 0.05) is 23.6 Å². The maximum Gasteiger partial charge on any atom is 0.280 e. The van der Waals surface area contributed by atoms with Gasteiger partial charge in [-0.1, -0.05) is 51.3 Å². The van der Waals surface area contributed by atoms with Crippen molar-refractivity contribution in [3.63, 3.8) is 0 Å². The van der Waals surface area contributed by atoms with E-state index in [1.807, 2.05) is 50.2 Å². The molecule has 0 aliphatic rings. The van der Waals surface area contributed by atoms with E-state index in [0.717, 1.165) is 43.0 Å². The molecule has 0 bridgehead atoms. The highest BCUT2D eigenvalue weighted by Crippen LogP contribution is 2.19. The number of carbonyl (C=O) groups excluding carboxylic acids is 1. The number of nitrogens with one attached hydrogen (secondary N) is 1. The first-order chi connectivity index (χ1) is 15.4. The number of hydrogen-bond donors (Lipinski definition) is 1. The van der Waals surface area contributed by atoms with Crippen molar-refractivity contribution in [2.45, 2.75) is 59.3 Å². The van der Waals surface area contributed by atoms with Gasteiger partial charge >= 0.3 is 0 Å². The fourth-order valence-corrected chi connectivity index (χ4v) is 3.11. The van der Waals surface area contributed by atoms with Crippen molar-refractivity contribution in [1.82, 2.24) is 10.3 Å². The molecule has 0 saturated heterocycles. The first-order valence-corrected chi connectivity index (χ1v) is 11.4. The minimum atomic E-state index is -1.06. The third-order valence-corrected chi connectivity index (χ3v) is 5.05. The Hall–Kier alpha value is -2.76. The molecule has 6 heteroatoms. The van der Waals surface area contributed by atoms with Crippen LogP contribution in [0.1, 0.15) is 59.3 Å². The largest absolute Gasteiger partial charge is 0.478 e. The number of unbranched alkanes of at least 4 members (excludes halogenated alkanes) is 5. The number of benzene rings is 1. The Morgan fingerprint density at radius 2 is 1.78 bits per heavy atom. The van der Waals surface area contributed by atoms with Crippen molar-refractivity contribution in [2.24, 2.45) is 5.92 Å². The Bertz CT molecular complexity index is 938. The summed E-state index contributed by atoms with van der Waals surface area (Å²) in [5, 5.41) is 3.55. The third kappa shape index (κ3) is 8.77. The van der Waals surface area contributed by atoms with Crippen molar-refractivity contribution in [3.05, 3.63) is 59.7 Å². The van der Waals surface area contributed by atoms with Gasteiger partial charge in [0.2, 0.25) is 5.88 Å². The van der Waals surface area contributed by atoms with E-state index < -0.39 is 17.6 Å². The summed E-state index contributed by atoms with van der Waals surface area (Å²) in [6, 6.07) is 11.8. The number of aromatic nitrogens is 1. The predicted octanol–water partition coefficient (Wildman–Crippen LogP) is 6.82. The number of fused-ring (bicyclic) bond motifs is 1. The summed E-state index contributed by atoms with van der Waals surface area (Å²) in [6.45, 7) is 6.08. The van der Waals surface area contributed by atoms with Gasteiger partial charge in [-0.15, -0.1) is 0 Å². The normalized spacial score (nSPS) is 12.8. The quantitative estimate of drug-likeness (QED) is 0.209. The zero-order chi connectivity index (χ0) is 23.3. The van der Waals surface area contributed by atoms with Gasteiger partial charge in [-0.25, -0.2) is 13.8 Å². The van der Waals surface area contributed by atoms with Crippen LogP contribution in [0.25, 0.3) is 10.9 Å². The maximum absolute atomic E-state index is 14.1. The molecule has 0 aliphatic carbocycles. The maximum atomic E-state index is 14.1. The first kappa shape index (κ1) is 25.5. The number of allylic oxidation sites excluding steroid dienone is 3. The molecule has 1 amide bonds. The standard InChI is InChI=1S/C26H34F2N2O2/c1-19(2)18-29-26(31)25(28)20(3)22(27)13-8-6-4-5-7-11-17-32-24-16-15-21-12-9-10-14-23(21)30-24/h9-10,12-16,19H,4-8,11,17-18H2,1-3H3,(H,29,31). The molecule has 174 valence electrons. The van der Waals surface area contributed by atoms with Crippen LogP contribution in [-0.2, 0) is 4.79 Å². The van der Waals surface area contributed by atoms with E-state index in [9.17, 15) is 13.6 Å². The average molecular weight is 445 g/mol. The summed E-state index contributed by atoms with van der Waals surface area (Å²) < 4.78 is 33.8. The lowest BCUT2D eigenvalue weighted by atomic mass is 10.1. The number of hydrogen-bond acceptors (Lipinski definition) is 3. The zero-order valence-corrected chi connectivity index (χ0v) is 19.3. The average Bonchev–Trinajstić information content (AvgIpc) is 2.80. The molecule has 0 spiro atoms. The summed E-state index contributed by atoms with van der Waals surface area (Å²) in [7, 11) is 0. The summed E-state index contributed by atoms with van der Waals surface area (Å²) in [5.74, 6) is -1.74. The molecule has 1 N–H and O–H groups in total. The minimum absolute atomic E-state index is 0.203. The first-order valence-electron chi connectivity index (χ1n) is 11.4. The molecule has 32 heavy (non-hydrogen) atoms. The van der Waals surface area contributed by atoms with Crippen molar-refractivity contribution in [3.8, 4) is 5.88 Å². The molecule has 2 aromatic rings. The molecule has 0 unspecified atom stereocenters. The lowest BCUT2D eigenvalue weighted by Crippen LogP contribution is -2.28. The van der Waals surface area contributed by atoms with E-state index in [4.69, 9.17) is 4.74 Å². The van der Waals surface area contributed by atoms with Gasteiger partial charge in [0.1, 0.15) is 5.83 Å². The van der Waals surface area contributed by atoms with Crippen LogP contribution in [0.15, 0.2) is 59.7 Å². The van der Waals surface area contributed by atoms with E-state index in [-0.39, 0.29) is 11.5 Å². The second-order valence-corrected chi connectivity index (χ2v) is 8.34. The predicted molar refractivity (Wildman–Crippen MR) is 126 cm³/mol. The number of ether oxygens (including phenoxy) is 1. The Kier molecular flexibility index (Phi) is 10.8. The van der Waals surface area contributed by atoms with Crippen molar-refractivity contribution >= 4 is 16.8 Å². The number of carbonyl (C=O) groups is 1. The van der Waals surface area contributed by atoms with Crippen LogP contribution in [0, 0.1) is 5.92 Å². The lowest BCUT2D eigenvalue weighted by Gasteiger charge is -2.07. The van der Waals surface area contributed by atoms with Gasteiger partial charge in [0.05, 0.1) is 12.1 Å². The molecule has 1 aromatic carbocycles. The smallest absolute Gasteiger partial charge is 0.280 e. The van der Waals surface area contributed by atoms with E-state index >= 15 is 0 Å². The van der Waals surface area contributed by atoms with E-state index in [2.05, 4.69) is 10.3 Å². The number of para-hydroxylation sites is 1. The Balaban J connectivity index is 1.60. The van der Waals surface area contributed by atoms with Crippen LogP contribution in [0.3, 0.4) is 0 Å². The van der Waals surface area contributed by atoms with E-state index in [1.54, 1.807) is 0 Å². The second kappa shape index (κ2) is 13.6. The molecule has 0 fully saturated rings. The topological polar surface area (TPSA) is 51.2 Å². The number of amides is 1. The molecule has 2 rings (SSSR count). The van der Waals surface area contributed by atoms with Gasteiger partial charge < -0.3 is 10.1 Å². The van der Waals surface area contributed by atoms with Crippen LogP contribution >= 0.6 is 0 Å². The van der Waals surface area contributed by atoms with Crippen LogP contribution in [0.5, 0.6) is 5.88 Å². The van der Waals surface area contributed by atoms with Crippen LogP contribution < -0.4 is 10.1 Å². The number of nitrogens with zero attached hydrogens (tertiary/aromatic N) is 1. The Morgan fingerprint density at radius 3 is 2.56 bits per heavy atom. The minimum Gasteiger partial charge on any atom is -0.478 e. The summed E-state index contributed by atoms with van der Waals surface area (Å²) in [6.07, 6.45) is 6.61. The van der Waals surface area contributed by atoms with Crippen LogP contribution in [-0.4, -0.2) is 24.0 Å². The molecule has 0 saturated carbocycles. The molecule has 4 nitrogen and oxygen atoms in total. The summed E-state index contributed by atoms with van der Waals surface area (Å²) in [5.41, 5.74) is 0.678. The second-order valence-electron chi connectivity index (χ2n) is 8.34. The van der Waals surface area contributed by atoms with E-state index in [0.29, 0.717) is 25.5 Å². The molecule has 0 atom stereocenters. The van der Waals surface area contributed by atoms with Crippen molar-refractivity contribution in [2.75, 3.05) is 13.2 Å². The Morgan fingerprint density at radius 1 is 1.06 bits per heavy atom. The third-order valence-electron chi connectivity index (χ3n) is 5.05. The highest BCUT2D eigenvalue weighted by atomic mass is 19.1. The molecule has 1 heterocycles. The number of pyridine rings is 1. The summed E-state index contributed by atoms with van der Waals surface area (Å²) >= 11 is 0. The fraction of sp³-hybridized carbons (Fsp3) is 0.462. The van der Waals surface area contributed by atoms with Crippen LogP contribution in [0.2, 0.25) is 0 Å². The molecule has 1 aromatic heterocycles. The van der Waals surface area contributed by atoms with Crippen LogP contribution in [0.4, 0.5) is 8.78 Å². The van der Waals surface area contributed by atoms with Gasteiger partial charge in [0.25, 0.3) is 5.91 Å².